The molecule has 0 bridgehead atoms. The minimum Gasteiger partial charge on any atom is -0.446 e. The molecule has 252 valence electrons. The lowest BCUT2D eigenvalue weighted by Crippen LogP contribution is -2.58. The van der Waals surface area contributed by atoms with Crippen LogP contribution in [0.25, 0.3) is 0 Å². The van der Waals surface area contributed by atoms with Crippen molar-refractivity contribution in [3.63, 3.8) is 0 Å². The van der Waals surface area contributed by atoms with Crippen molar-refractivity contribution in [2.45, 2.75) is 149 Å². The zero-order valence-corrected chi connectivity index (χ0v) is 28.3. The Morgan fingerprint density at radius 1 is 0.932 bits per heavy atom. The van der Waals surface area contributed by atoms with Gasteiger partial charge in [0.1, 0.15) is 18.2 Å². The number of nitrogens with zero attached hydrogens (tertiary/aromatic N) is 1. The Bertz CT molecular complexity index is 919. The lowest BCUT2D eigenvalue weighted by Gasteiger charge is -2.35. The van der Waals surface area contributed by atoms with Gasteiger partial charge in [-0.1, -0.05) is 86.1 Å². The molecule has 2 rings (SSSR count). The number of carbonyl (C=O) groups excluding carboxylic acids is 5. The first kappa shape index (κ1) is 39.1. The van der Waals surface area contributed by atoms with Crippen molar-refractivity contribution in [3.05, 3.63) is 12.7 Å². The molecule has 5 unspecified atom stereocenters. The standard InChI is InChI=1S/C31H52N4O6.C3H8/c1-6-14-24(27(36)29(38)32-18-7-2)33-28(37)25-17-13-19-35(25)30(39)26(22-15-11-10-12-16-22)34-31(40)41-23(9-4)20-21(5)8-3;1-3-2/h7,21-26H,2,6,8-20H2,1,3-5H3,(H,32,38)(H,33,37)(H,34,40);3H2,1-2H3. The molecule has 10 nitrogen and oxygen atoms in total. The molecule has 3 N–H and O–H groups in total. The second-order valence-corrected chi connectivity index (χ2v) is 12.3. The molecule has 1 saturated carbocycles. The molecule has 1 aliphatic carbocycles. The monoisotopic (exact) mass is 620 g/mol. The lowest BCUT2D eigenvalue weighted by atomic mass is 9.83. The Kier molecular flexibility index (Phi) is 19.3. The number of carbonyl (C=O) groups is 5. The quantitative estimate of drug-likeness (QED) is 0.155. The van der Waals surface area contributed by atoms with Crippen molar-refractivity contribution in [1.82, 2.24) is 20.9 Å². The molecule has 2 aliphatic rings. The number of hydrogen-bond donors (Lipinski definition) is 3. The average molecular weight is 621 g/mol. The molecular formula is C34H60N4O6. The maximum absolute atomic E-state index is 14.0. The minimum absolute atomic E-state index is 0.0364. The molecule has 0 spiro atoms. The Hall–Kier alpha value is -2.91. The van der Waals surface area contributed by atoms with Gasteiger partial charge in [-0.05, 0) is 56.8 Å². The third kappa shape index (κ3) is 13.0. The largest absolute Gasteiger partial charge is 0.446 e. The summed E-state index contributed by atoms with van der Waals surface area (Å²) in [7, 11) is 0. The summed E-state index contributed by atoms with van der Waals surface area (Å²) in [6, 6.07) is -2.53. The topological polar surface area (TPSA) is 134 Å². The fourth-order valence-corrected chi connectivity index (χ4v) is 5.79. The smallest absolute Gasteiger partial charge is 0.408 e. The molecule has 0 aromatic carbocycles. The van der Waals surface area contributed by atoms with E-state index in [0.717, 1.165) is 44.9 Å². The number of ketones is 1. The van der Waals surface area contributed by atoms with Gasteiger partial charge < -0.3 is 25.6 Å². The summed E-state index contributed by atoms with van der Waals surface area (Å²) in [5.74, 6) is -1.85. The van der Waals surface area contributed by atoms with E-state index < -0.39 is 41.8 Å². The summed E-state index contributed by atoms with van der Waals surface area (Å²) >= 11 is 0. The van der Waals surface area contributed by atoms with Crippen molar-refractivity contribution in [3.8, 4) is 0 Å². The highest BCUT2D eigenvalue weighted by Crippen LogP contribution is 2.29. The number of likely N-dealkylation sites (tertiary alicyclic amines) is 1. The van der Waals surface area contributed by atoms with Crippen LogP contribution in [0.2, 0.25) is 0 Å². The highest BCUT2D eigenvalue weighted by molar-refractivity contribution is 6.38. The van der Waals surface area contributed by atoms with E-state index in [2.05, 4.69) is 50.2 Å². The van der Waals surface area contributed by atoms with Gasteiger partial charge in [-0.25, -0.2) is 4.79 Å². The normalized spacial score (nSPS) is 19.3. The fraction of sp³-hybridized carbons (Fsp3) is 0.794. The lowest BCUT2D eigenvalue weighted by molar-refractivity contribution is -0.143. The first-order valence-corrected chi connectivity index (χ1v) is 17.1. The second-order valence-electron chi connectivity index (χ2n) is 12.3. The first-order chi connectivity index (χ1) is 21.1. The summed E-state index contributed by atoms with van der Waals surface area (Å²) in [5, 5.41) is 8.10. The third-order valence-corrected chi connectivity index (χ3v) is 8.43. The van der Waals surface area contributed by atoms with Crippen LogP contribution in [0, 0.1) is 11.8 Å². The summed E-state index contributed by atoms with van der Waals surface area (Å²) in [6.45, 7) is 16.4. The number of rotatable bonds is 16. The molecule has 4 amide bonds. The Labute approximate surface area is 265 Å². The van der Waals surface area contributed by atoms with Crippen molar-refractivity contribution >= 4 is 29.6 Å². The zero-order valence-electron chi connectivity index (χ0n) is 28.3. The van der Waals surface area contributed by atoms with Crippen molar-refractivity contribution in [2.24, 2.45) is 11.8 Å². The molecule has 0 aromatic rings. The van der Waals surface area contributed by atoms with Crippen LogP contribution in [0.5, 0.6) is 0 Å². The van der Waals surface area contributed by atoms with Gasteiger partial charge >= 0.3 is 6.09 Å². The highest BCUT2D eigenvalue weighted by atomic mass is 16.6. The Morgan fingerprint density at radius 3 is 2.16 bits per heavy atom. The van der Waals surface area contributed by atoms with Crippen molar-refractivity contribution < 1.29 is 28.7 Å². The van der Waals surface area contributed by atoms with E-state index in [1.165, 1.54) is 17.4 Å². The van der Waals surface area contributed by atoms with E-state index in [1.54, 1.807) is 0 Å². The fourth-order valence-electron chi connectivity index (χ4n) is 5.79. The van der Waals surface area contributed by atoms with Gasteiger partial charge in [-0.2, -0.15) is 0 Å². The van der Waals surface area contributed by atoms with E-state index in [9.17, 15) is 24.0 Å². The van der Waals surface area contributed by atoms with Gasteiger partial charge in [0.15, 0.2) is 0 Å². The van der Waals surface area contributed by atoms with Crippen LogP contribution >= 0.6 is 0 Å². The number of hydrogen-bond acceptors (Lipinski definition) is 6. The number of ether oxygens (including phenoxy) is 1. The van der Waals surface area contributed by atoms with E-state index in [-0.39, 0.29) is 24.5 Å². The number of alkyl carbamates (subject to hydrolysis) is 1. The highest BCUT2D eigenvalue weighted by Gasteiger charge is 2.42. The van der Waals surface area contributed by atoms with Crippen LogP contribution in [0.15, 0.2) is 12.7 Å². The predicted molar refractivity (Wildman–Crippen MR) is 174 cm³/mol. The van der Waals surface area contributed by atoms with Gasteiger partial charge in [-0.15, -0.1) is 6.58 Å². The van der Waals surface area contributed by atoms with E-state index in [0.29, 0.717) is 44.6 Å². The third-order valence-electron chi connectivity index (χ3n) is 8.43. The molecule has 44 heavy (non-hydrogen) atoms. The SMILES string of the molecule is C=CCNC(=O)C(=O)C(CCC)NC(=O)C1CCCN1C(=O)C(NC(=O)OC(CC)CC(C)CC)C1CCCCC1.CCC. The number of Topliss-reactive ketones (excluding diaryl/α,β-unsaturated/α-hetero) is 1. The van der Waals surface area contributed by atoms with Crippen LogP contribution in [0.4, 0.5) is 4.79 Å². The second kappa shape index (κ2) is 21.7. The van der Waals surface area contributed by atoms with Gasteiger partial charge in [0, 0.05) is 13.1 Å². The van der Waals surface area contributed by atoms with Gasteiger partial charge in [0.05, 0.1) is 6.04 Å². The molecular weight excluding hydrogens is 560 g/mol. The predicted octanol–water partition coefficient (Wildman–Crippen LogP) is 5.44. The Balaban J connectivity index is 0.00000309. The van der Waals surface area contributed by atoms with Crippen LogP contribution in [-0.2, 0) is 23.9 Å². The summed E-state index contributed by atoms with van der Waals surface area (Å²) < 4.78 is 5.76. The molecule has 5 atom stereocenters. The molecule has 1 saturated heterocycles. The molecule has 0 aromatic heterocycles. The van der Waals surface area contributed by atoms with Crippen LogP contribution in [-0.4, -0.2) is 71.8 Å². The van der Waals surface area contributed by atoms with Crippen molar-refractivity contribution in [2.75, 3.05) is 13.1 Å². The average Bonchev–Trinajstić information content (AvgIpc) is 3.52. The summed E-state index contributed by atoms with van der Waals surface area (Å²) in [6.07, 6.45) is 11.0. The van der Waals surface area contributed by atoms with Crippen molar-refractivity contribution in [1.29, 1.82) is 0 Å². The molecule has 1 aliphatic heterocycles. The zero-order chi connectivity index (χ0) is 33.1. The van der Waals surface area contributed by atoms with Crippen LogP contribution in [0.1, 0.15) is 125 Å². The molecule has 10 heteroatoms. The first-order valence-electron chi connectivity index (χ1n) is 17.1. The van der Waals surface area contributed by atoms with Gasteiger partial charge in [-0.3, -0.25) is 19.2 Å². The maximum Gasteiger partial charge on any atom is 0.408 e. The summed E-state index contributed by atoms with van der Waals surface area (Å²) in [5.41, 5.74) is 0. The minimum atomic E-state index is -0.978. The number of nitrogens with one attached hydrogen (secondary N) is 3. The maximum atomic E-state index is 14.0. The molecule has 0 radical (unpaired) electrons. The number of amides is 4. The van der Waals surface area contributed by atoms with Crippen LogP contribution in [0.3, 0.4) is 0 Å². The van der Waals surface area contributed by atoms with E-state index in [4.69, 9.17) is 4.74 Å². The van der Waals surface area contributed by atoms with E-state index >= 15 is 0 Å². The van der Waals surface area contributed by atoms with Gasteiger partial charge in [0.25, 0.3) is 5.91 Å². The molecule has 1 heterocycles. The van der Waals surface area contributed by atoms with Crippen LogP contribution < -0.4 is 16.0 Å². The molecule has 2 fully saturated rings. The summed E-state index contributed by atoms with van der Waals surface area (Å²) in [4.78, 5) is 67.0. The Morgan fingerprint density at radius 2 is 1.59 bits per heavy atom. The van der Waals surface area contributed by atoms with Gasteiger partial charge in [0.2, 0.25) is 17.6 Å². The van der Waals surface area contributed by atoms with E-state index in [1.807, 2.05) is 13.8 Å².